The van der Waals surface area contributed by atoms with Gasteiger partial charge in [-0.15, -0.1) is 0 Å². The number of aryl methyl sites for hydroxylation is 1. The lowest BCUT2D eigenvalue weighted by atomic mass is 10.1. The summed E-state index contributed by atoms with van der Waals surface area (Å²) in [4.78, 5) is 0. The summed E-state index contributed by atoms with van der Waals surface area (Å²) in [6, 6.07) is 8.28. The predicted molar refractivity (Wildman–Crippen MR) is 80.3 cm³/mol. The van der Waals surface area contributed by atoms with E-state index in [1.54, 1.807) is 7.11 Å². The average molecular weight is 270 g/mol. The Hall–Kier alpha value is -1.77. The van der Waals surface area contributed by atoms with E-state index < -0.39 is 0 Å². The van der Waals surface area contributed by atoms with Crippen molar-refractivity contribution in [2.24, 2.45) is 0 Å². The molecule has 0 spiro atoms. The third kappa shape index (κ3) is 2.58. The molecule has 3 heteroatoms. The summed E-state index contributed by atoms with van der Waals surface area (Å²) in [6.07, 6.45) is 6.32. The Kier molecular flexibility index (Phi) is 3.77. The van der Waals surface area contributed by atoms with Gasteiger partial charge >= 0.3 is 0 Å². The molecule has 1 heterocycles. The van der Waals surface area contributed by atoms with Crippen LogP contribution in [0.4, 0.5) is 0 Å². The van der Waals surface area contributed by atoms with Crippen LogP contribution in [-0.4, -0.2) is 16.9 Å². The number of methoxy groups -OCH3 is 1. The van der Waals surface area contributed by atoms with E-state index in [1.165, 1.54) is 54.6 Å². The molecule has 0 saturated carbocycles. The quantitative estimate of drug-likeness (QED) is 0.798. The third-order valence-electron chi connectivity index (χ3n) is 4.20. The zero-order valence-electron chi connectivity index (χ0n) is 12.4. The average Bonchev–Trinajstić information content (AvgIpc) is 2.67. The molecule has 20 heavy (non-hydrogen) atoms. The van der Waals surface area contributed by atoms with Crippen LogP contribution in [0.15, 0.2) is 24.3 Å². The fourth-order valence-corrected chi connectivity index (χ4v) is 3.08. The van der Waals surface area contributed by atoms with Crippen LogP contribution in [0, 0.1) is 6.92 Å². The molecule has 1 aliphatic rings. The van der Waals surface area contributed by atoms with Crippen molar-refractivity contribution >= 4 is 0 Å². The van der Waals surface area contributed by atoms with Crippen molar-refractivity contribution in [1.82, 2.24) is 9.78 Å². The molecular formula is C17H22N2O. The maximum Gasteiger partial charge on any atom is 0.118 e. The Morgan fingerprint density at radius 2 is 1.85 bits per heavy atom. The number of hydrogen-bond donors (Lipinski definition) is 0. The summed E-state index contributed by atoms with van der Waals surface area (Å²) in [5.74, 6) is 0.907. The third-order valence-corrected chi connectivity index (χ3v) is 4.20. The van der Waals surface area contributed by atoms with Gasteiger partial charge in [-0.05, 0) is 55.9 Å². The van der Waals surface area contributed by atoms with Gasteiger partial charge in [-0.25, -0.2) is 0 Å². The second kappa shape index (κ2) is 5.70. The molecule has 0 bridgehead atoms. The van der Waals surface area contributed by atoms with E-state index in [9.17, 15) is 0 Å². The molecule has 3 nitrogen and oxygen atoms in total. The number of benzene rings is 1. The van der Waals surface area contributed by atoms with E-state index in [0.717, 1.165) is 12.3 Å². The highest BCUT2D eigenvalue weighted by Gasteiger charge is 2.17. The summed E-state index contributed by atoms with van der Waals surface area (Å²) in [7, 11) is 1.70. The first-order valence-corrected chi connectivity index (χ1v) is 7.46. The minimum Gasteiger partial charge on any atom is -0.497 e. The van der Waals surface area contributed by atoms with Crippen LogP contribution < -0.4 is 4.74 Å². The van der Waals surface area contributed by atoms with E-state index in [-0.39, 0.29) is 0 Å². The molecule has 3 rings (SSSR count). The van der Waals surface area contributed by atoms with Gasteiger partial charge in [-0.3, -0.25) is 4.68 Å². The summed E-state index contributed by atoms with van der Waals surface area (Å²) in [6.45, 7) is 3.01. The van der Waals surface area contributed by atoms with E-state index in [2.05, 4.69) is 23.7 Å². The van der Waals surface area contributed by atoms with Gasteiger partial charge in [-0.2, -0.15) is 5.10 Å². The standard InChI is InChI=1S/C17H22N2O/c1-13-16-6-4-3-5-7-17(16)19(18-13)12-14-8-10-15(20-2)11-9-14/h8-11H,3-7,12H2,1-2H3. The topological polar surface area (TPSA) is 27.1 Å². The van der Waals surface area contributed by atoms with Gasteiger partial charge in [0, 0.05) is 5.69 Å². The molecule has 1 aromatic heterocycles. The molecule has 0 N–H and O–H groups in total. The molecule has 2 aromatic rings. The van der Waals surface area contributed by atoms with Crippen molar-refractivity contribution in [3.63, 3.8) is 0 Å². The van der Waals surface area contributed by atoms with Crippen molar-refractivity contribution in [3.8, 4) is 5.75 Å². The highest BCUT2D eigenvalue weighted by molar-refractivity contribution is 5.30. The number of nitrogens with zero attached hydrogens (tertiary/aromatic N) is 2. The van der Waals surface area contributed by atoms with Gasteiger partial charge in [0.05, 0.1) is 19.3 Å². The van der Waals surface area contributed by atoms with Crippen molar-refractivity contribution in [1.29, 1.82) is 0 Å². The van der Waals surface area contributed by atoms with Crippen LogP contribution in [-0.2, 0) is 19.4 Å². The number of aromatic nitrogens is 2. The van der Waals surface area contributed by atoms with Crippen molar-refractivity contribution in [2.45, 2.75) is 45.6 Å². The molecule has 0 unspecified atom stereocenters. The molecule has 0 atom stereocenters. The predicted octanol–water partition coefficient (Wildman–Crippen LogP) is 3.52. The largest absolute Gasteiger partial charge is 0.497 e. The highest BCUT2D eigenvalue weighted by Crippen LogP contribution is 2.24. The second-order valence-electron chi connectivity index (χ2n) is 5.58. The minimum atomic E-state index is 0.861. The molecule has 0 radical (unpaired) electrons. The first-order valence-electron chi connectivity index (χ1n) is 7.46. The Balaban J connectivity index is 1.86. The van der Waals surface area contributed by atoms with Gasteiger partial charge in [0.25, 0.3) is 0 Å². The maximum atomic E-state index is 5.21. The van der Waals surface area contributed by atoms with Crippen LogP contribution in [0.2, 0.25) is 0 Å². The Morgan fingerprint density at radius 3 is 2.60 bits per heavy atom. The van der Waals surface area contributed by atoms with Crippen molar-refractivity contribution in [3.05, 3.63) is 46.8 Å². The molecule has 0 aliphatic heterocycles. The van der Waals surface area contributed by atoms with Crippen LogP contribution >= 0.6 is 0 Å². The lowest BCUT2D eigenvalue weighted by Gasteiger charge is -2.08. The van der Waals surface area contributed by atoms with E-state index in [1.807, 2.05) is 12.1 Å². The molecular weight excluding hydrogens is 248 g/mol. The minimum absolute atomic E-state index is 0.861. The Bertz CT molecular complexity index is 584. The number of ether oxygens (including phenoxy) is 1. The van der Waals surface area contributed by atoms with Gasteiger partial charge in [0.15, 0.2) is 0 Å². The molecule has 1 aromatic carbocycles. The fraction of sp³-hybridized carbons (Fsp3) is 0.471. The maximum absolute atomic E-state index is 5.21. The normalized spacial score (nSPS) is 14.7. The molecule has 0 amide bonds. The fourth-order valence-electron chi connectivity index (χ4n) is 3.08. The van der Waals surface area contributed by atoms with Crippen LogP contribution in [0.5, 0.6) is 5.75 Å². The number of rotatable bonds is 3. The van der Waals surface area contributed by atoms with Crippen molar-refractivity contribution < 1.29 is 4.74 Å². The first-order chi connectivity index (χ1) is 9.78. The number of hydrogen-bond acceptors (Lipinski definition) is 2. The summed E-state index contributed by atoms with van der Waals surface area (Å²) in [5.41, 5.74) is 5.45. The van der Waals surface area contributed by atoms with Gasteiger partial charge < -0.3 is 4.74 Å². The van der Waals surface area contributed by atoms with Crippen LogP contribution in [0.1, 0.15) is 41.8 Å². The molecule has 0 fully saturated rings. The van der Waals surface area contributed by atoms with Gasteiger partial charge in [-0.1, -0.05) is 18.6 Å². The molecule has 1 aliphatic carbocycles. The zero-order valence-corrected chi connectivity index (χ0v) is 12.4. The lowest BCUT2D eigenvalue weighted by Crippen LogP contribution is -2.07. The summed E-state index contributed by atoms with van der Waals surface area (Å²) in [5, 5.41) is 4.76. The summed E-state index contributed by atoms with van der Waals surface area (Å²) >= 11 is 0. The van der Waals surface area contributed by atoms with Crippen LogP contribution in [0.25, 0.3) is 0 Å². The van der Waals surface area contributed by atoms with Crippen LogP contribution in [0.3, 0.4) is 0 Å². The smallest absolute Gasteiger partial charge is 0.118 e. The monoisotopic (exact) mass is 270 g/mol. The van der Waals surface area contributed by atoms with Gasteiger partial charge in [0.2, 0.25) is 0 Å². The highest BCUT2D eigenvalue weighted by atomic mass is 16.5. The van der Waals surface area contributed by atoms with E-state index >= 15 is 0 Å². The van der Waals surface area contributed by atoms with Gasteiger partial charge in [0.1, 0.15) is 5.75 Å². The lowest BCUT2D eigenvalue weighted by molar-refractivity contribution is 0.414. The Labute approximate surface area is 120 Å². The summed E-state index contributed by atoms with van der Waals surface area (Å²) < 4.78 is 7.41. The molecule has 106 valence electrons. The van der Waals surface area contributed by atoms with E-state index in [0.29, 0.717) is 0 Å². The zero-order chi connectivity index (χ0) is 13.9. The Morgan fingerprint density at radius 1 is 1.10 bits per heavy atom. The van der Waals surface area contributed by atoms with E-state index in [4.69, 9.17) is 9.84 Å². The number of fused-ring (bicyclic) bond motifs is 1. The molecule has 0 saturated heterocycles. The SMILES string of the molecule is COc1ccc(Cn2nc(C)c3c2CCCCC3)cc1. The van der Waals surface area contributed by atoms with Crippen molar-refractivity contribution in [2.75, 3.05) is 7.11 Å². The second-order valence-corrected chi connectivity index (χ2v) is 5.58. The first kappa shape index (κ1) is 13.2.